The van der Waals surface area contributed by atoms with Crippen LogP contribution in [0.15, 0.2) is 71.0 Å². The Morgan fingerprint density at radius 1 is 0.754 bits per heavy atom. The zero-order chi connectivity index (χ0) is 40.3. The number of amides is 2. The molecule has 1 saturated carbocycles. The molecule has 3 aliphatic rings. The van der Waals surface area contributed by atoms with Crippen LogP contribution < -0.4 is 5.32 Å². The molecule has 18 heteroatoms. The van der Waals surface area contributed by atoms with Gasteiger partial charge in [-0.15, -0.1) is 10.2 Å². The topological polar surface area (TPSA) is 174 Å². The highest BCUT2D eigenvalue weighted by Gasteiger charge is 2.44. The highest BCUT2D eigenvalue weighted by atomic mass is 32.2. The summed E-state index contributed by atoms with van der Waals surface area (Å²) < 4.78 is 28.5. The number of benzene rings is 2. The lowest BCUT2D eigenvalue weighted by molar-refractivity contribution is -0.324. The van der Waals surface area contributed by atoms with E-state index < -0.39 is 11.6 Å². The van der Waals surface area contributed by atoms with Crippen LogP contribution in [0.3, 0.4) is 0 Å². The van der Waals surface area contributed by atoms with E-state index in [0.29, 0.717) is 48.8 Å². The van der Waals surface area contributed by atoms with Crippen LogP contribution in [0.25, 0.3) is 11.4 Å². The van der Waals surface area contributed by atoms with Gasteiger partial charge >= 0.3 is 0 Å². The minimum absolute atomic E-state index is 0.0114. The monoisotopic (exact) mass is 822 g/mol. The fraction of sp³-hybridized carbons (Fsp3) is 0.590. The summed E-state index contributed by atoms with van der Waals surface area (Å²) in [6.07, 6.45) is 7.62. The van der Waals surface area contributed by atoms with Gasteiger partial charge in [-0.25, -0.2) is 0 Å². The molecule has 1 spiro atoms. The van der Waals surface area contributed by atoms with Gasteiger partial charge in [-0.2, -0.15) is 9.36 Å². The van der Waals surface area contributed by atoms with E-state index in [4.69, 9.17) is 18.9 Å². The fourth-order valence-electron chi connectivity index (χ4n) is 7.12. The average molecular weight is 823 g/mol. The second-order valence-electron chi connectivity index (χ2n) is 14.8. The number of carbonyl (C=O) groups is 2. The smallest absolute Gasteiger partial charge is 0.224 e. The van der Waals surface area contributed by atoms with Gasteiger partial charge in [0.25, 0.3) is 0 Å². The van der Waals surface area contributed by atoms with Gasteiger partial charge in [0.1, 0.15) is 0 Å². The van der Waals surface area contributed by atoms with E-state index >= 15 is 0 Å². The van der Waals surface area contributed by atoms with Crippen molar-refractivity contribution in [2.45, 2.75) is 124 Å². The number of hydrogen-bond acceptors (Lipinski definition) is 14. The SMILES string of the molecule is CCC1(C)OC(CSc2nnnn2-c2ccccc2)CC(CC(=O)NC)O1.CN(C)C(=O)CC1CC(CSc2nnnn2-c2ccccc2)OC2(CCCCC2)O1. The summed E-state index contributed by atoms with van der Waals surface area (Å²) in [7, 11) is 5.21. The maximum atomic E-state index is 12.3. The number of rotatable bonds is 13. The first-order valence-electron chi connectivity index (χ1n) is 19.6. The van der Waals surface area contributed by atoms with Crippen LogP contribution in [-0.4, -0.2) is 126 Å². The molecule has 7 rings (SSSR count). The van der Waals surface area contributed by atoms with Crippen LogP contribution in [0, 0.1) is 0 Å². The van der Waals surface area contributed by atoms with E-state index in [1.165, 1.54) is 18.2 Å². The minimum atomic E-state index is -0.687. The lowest BCUT2D eigenvalue weighted by Crippen LogP contribution is -2.51. The average Bonchev–Trinajstić information content (AvgIpc) is 3.90. The first kappa shape index (κ1) is 42.7. The van der Waals surface area contributed by atoms with Crippen molar-refractivity contribution in [1.82, 2.24) is 50.6 Å². The summed E-state index contributed by atoms with van der Waals surface area (Å²) in [6, 6.07) is 19.6. The van der Waals surface area contributed by atoms with Crippen molar-refractivity contribution in [3.8, 4) is 11.4 Å². The van der Waals surface area contributed by atoms with Crippen molar-refractivity contribution in [2.24, 2.45) is 0 Å². The van der Waals surface area contributed by atoms with E-state index in [9.17, 15) is 9.59 Å². The third kappa shape index (κ3) is 11.8. The predicted molar refractivity (Wildman–Crippen MR) is 215 cm³/mol. The molecule has 1 aliphatic carbocycles. The van der Waals surface area contributed by atoms with E-state index in [2.05, 4.69) is 36.4 Å². The number of hydrogen-bond donors (Lipinski definition) is 1. The zero-order valence-electron chi connectivity index (χ0n) is 33.4. The molecule has 2 aromatic carbocycles. The molecule has 5 atom stereocenters. The van der Waals surface area contributed by atoms with E-state index in [0.717, 1.165) is 42.2 Å². The maximum Gasteiger partial charge on any atom is 0.224 e. The lowest BCUT2D eigenvalue weighted by atomic mass is 9.91. The Morgan fingerprint density at radius 2 is 1.25 bits per heavy atom. The molecular weight excluding hydrogens is 769 g/mol. The summed E-state index contributed by atoms with van der Waals surface area (Å²) in [6.45, 7) is 3.94. The predicted octanol–water partition coefficient (Wildman–Crippen LogP) is 5.26. The summed E-state index contributed by atoms with van der Waals surface area (Å²) in [5, 5.41) is 28.3. The Morgan fingerprint density at radius 3 is 1.75 bits per heavy atom. The van der Waals surface area contributed by atoms with Crippen molar-refractivity contribution in [3.05, 3.63) is 60.7 Å². The fourth-order valence-corrected chi connectivity index (χ4v) is 8.91. The molecule has 5 unspecified atom stereocenters. The second kappa shape index (κ2) is 20.2. The molecule has 2 aliphatic heterocycles. The van der Waals surface area contributed by atoms with E-state index in [1.807, 2.05) is 74.5 Å². The molecule has 2 aromatic heterocycles. The van der Waals surface area contributed by atoms with Crippen molar-refractivity contribution >= 4 is 35.3 Å². The summed E-state index contributed by atoms with van der Waals surface area (Å²) >= 11 is 3.12. The second-order valence-corrected chi connectivity index (χ2v) is 16.8. The number of aromatic nitrogens is 8. The standard InChI is InChI=1S/C21H29N5O3S.C18H25N5O3S/c1-25(2)19(27)14-17-13-18(29-21(28-17)11-7-4-8-12-21)15-30-20-22-23-24-26(20)16-9-5-3-6-10-16;1-4-18(2)25-14(11-16(24)19-3)10-15(26-18)12-27-17-20-21-22-23(17)13-8-6-5-7-9-13/h3,5-6,9-10,17-18H,4,7-8,11-15H2,1-2H3;5-9,14-15H,4,10-12H2,1-3H3,(H,19,24). The number of para-hydroxylation sites is 2. The molecule has 2 amide bonds. The normalized spacial score (nSPS) is 24.3. The van der Waals surface area contributed by atoms with Crippen LogP contribution in [0.4, 0.5) is 0 Å². The number of nitrogens with one attached hydrogen (secondary N) is 1. The van der Waals surface area contributed by atoms with Crippen molar-refractivity contribution < 1.29 is 28.5 Å². The number of carbonyl (C=O) groups excluding carboxylic acids is 2. The molecule has 0 bridgehead atoms. The van der Waals surface area contributed by atoms with Crippen LogP contribution in [-0.2, 0) is 28.5 Å². The van der Waals surface area contributed by atoms with Crippen LogP contribution in [0.1, 0.15) is 78.1 Å². The molecule has 3 fully saturated rings. The van der Waals surface area contributed by atoms with Gasteiger partial charge in [0.05, 0.1) is 48.6 Å². The highest BCUT2D eigenvalue weighted by Crippen LogP contribution is 2.41. The minimum Gasteiger partial charge on any atom is -0.359 e. The van der Waals surface area contributed by atoms with E-state index in [1.54, 1.807) is 47.2 Å². The van der Waals surface area contributed by atoms with Gasteiger partial charge in [0.15, 0.2) is 11.6 Å². The number of thioether (sulfide) groups is 2. The van der Waals surface area contributed by atoms with Crippen LogP contribution in [0.2, 0.25) is 0 Å². The third-order valence-electron chi connectivity index (χ3n) is 10.2. The first-order valence-corrected chi connectivity index (χ1v) is 21.6. The molecule has 57 heavy (non-hydrogen) atoms. The molecule has 4 heterocycles. The maximum absolute atomic E-state index is 12.3. The molecule has 2 saturated heterocycles. The van der Waals surface area contributed by atoms with Crippen LogP contribution >= 0.6 is 23.5 Å². The quantitative estimate of drug-likeness (QED) is 0.173. The van der Waals surface area contributed by atoms with E-state index in [-0.39, 0.29) is 36.2 Å². The van der Waals surface area contributed by atoms with Crippen LogP contribution in [0.5, 0.6) is 0 Å². The Balaban J connectivity index is 0.000000194. The van der Waals surface area contributed by atoms with Gasteiger partial charge in [-0.3, -0.25) is 9.59 Å². The summed E-state index contributed by atoms with van der Waals surface area (Å²) in [4.78, 5) is 25.7. The molecule has 1 N–H and O–H groups in total. The lowest BCUT2D eigenvalue weighted by Gasteiger charge is -2.46. The Bertz CT molecular complexity index is 1860. The summed E-state index contributed by atoms with van der Waals surface area (Å²) in [5.74, 6) is 0.214. The van der Waals surface area contributed by atoms with Gasteiger partial charge in [-0.05, 0) is 71.3 Å². The highest BCUT2D eigenvalue weighted by molar-refractivity contribution is 7.99. The van der Waals surface area contributed by atoms with Gasteiger partial charge in [-0.1, -0.05) is 73.3 Å². The number of nitrogens with zero attached hydrogens (tertiary/aromatic N) is 9. The molecule has 16 nitrogen and oxygen atoms in total. The third-order valence-corrected chi connectivity index (χ3v) is 12.3. The molecule has 4 aromatic rings. The largest absolute Gasteiger partial charge is 0.359 e. The van der Waals surface area contributed by atoms with Crippen molar-refractivity contribution in [1.29, 1.82) is 0 Å². The Kier molecular flexibility index (Phi) is 15.1. The Hall–Kier alpha value is -3.94. The number of tetrazole rings is 2. The first-order chi connectivity index (χ1) is 27.6. The summed E-state index contributed by atoms with van der Waals surface area (Å²) in [5.41, 5.74) is 1.84. The van der Waals surface area contributed by atoms with Gasteiger partial charge in [0, 0.05) is 58.3 Å². The molecule has 0 radical (unpaired) electrons. The zero-order valence-corrected chi connectivity index (χ0v) is 35.0. The van der Waals surface area contributed by atoms with Crippen molar-refractivity contribution in [2.75, 3.05) is 32.6 Å². The Labute approximate surface area is 342 Å². The number of ether oxygens (including phenoxy) is 4. The van der Waals surface area contributed by atoms with Gasteiger partial charge < -0.3 is 29.2 Å². The molecular formula is C39H54N10O6S2. The van der Waals surface area contributed by atoms with Gasteiger partial charge in [0.2, 0.25) is 22.1 Å². The van der Waals surface area contributed by atoms with Crippen molar-refractivity contribution in [3.63, 3.8) is 0 Å². The molecule has 308 valence electrons.